The fraction of sp³-hybridized carbons (Fsp3) is 0.269. The summed E-state index contributed by atoms with van der Waals surface area (Å²) < 4.78 is 7.65. The molecule has 5 rings (SSSR count). The molecule has 0 atom stereocenters. The number of para-hydroxylation sites is 1. The molecule has 3 aromatic heterocycles. The molecule has 1 aromatic carbocycles. The van der Waals surface area contributed by atoms with E-state index in [4.69, 9.17) is 4.74 Å². The van der Waals surface area contributed by atoms with Gasteiger partial charge in [0.1, 0.15) is 17.3 Å². The van der Waals surface area contributed by atoms with Crippen LogP contribution in [-0.4, -0.2) is 48.6 Å². The average Bonchev–Trinajstić information content (AvgIpc) is 3.30. The van der Waals surface area contributed by atoms with Crippen LogP contribution in [0.25, 0.3) is 11.3 Å². The lowest BCUT2D eigenvalue weighted by atomic mass is 9.95. The second kappa shape index (κ2) is 9.43. The second-order valence-corrected chi connectivity index (χ2v) is 8.50. The number of carbonyl (C=O) groups excluding carboxylic acids is 1. The predicted octanol–water partition coefficient (Wildman–Crippen LogP) is 4.39. The Hall–Kier alpha value is -4.07. The van der Waals surface area contributed by atoms with E-state index in [1.165, 1.54) is 0 Å². The van der Waals surface area contributed by atoms with E-state index >= 15 is 0 Å². The predicted molar refractivity (Wildman–Crippen MR) is 128 cm³/mol. The van der Waals surface area contributed by atoms with E-state index in [1.54, 1.807) is 16.9 Å². The first-order valence-corrected chi connectivity index (χ1v) is 11.4. The van der Waals surface area contributed by atoms with E-state index < -0.39 is 0 Å². The number of hydrogen-bond donors (Lipinski definition) is 0. The van der Waals surface area contributed by atoms with E-state index in [9.17, 15) is 4.79 Å². The van der Waals surface area contributed by atoms with Gasteiger partial charge in [0.05, 0.1) is 11.9 Å². The molecule has 1 amide bonds. The maximum Gasteiger partial charge on any atom is 0.272 e. The zero-order valence-electron chi connectivity index (χ0n) is 19.3. The van der Waals surface area contributed by atoms with Crippen molar-refractivity contribution in [3.8, 4) is 22.9 Å². The summed E-state index contributed by atoms with van der Waals surface area (Å²) in [6.45, 7) is 3.21. The zero-order chi connectivity index (χ0) is 23.5. The van der Waals surface area contributed by atoms with Gasteiger partial charge in [-0.25, -0.2) is 9.97 Å². The Bertz CT molecular complexity index is 1300. The Balaban J connectivity index is 1.26. The van der Waals surface area contributed by atoms with Crippen LogP contribution in [0.15, 0.2) is 67.0 Å². The number of aryl methyl sites for hydroxylation is 2. The number of likely N-dealkylation sites (tertiary alicyclic amines) is 1. The molecule has 0 bridgehead atoms. The summed E-state index contributed by atoms with van der Waals surface area (Å²) in [5, 5.41) is 4.19. The molecule has 1 aliphatic heterocycles. The third kappa shape index (κ3) is 4.80. The largest absolute Gasteiger partial charge is 0.439 e. The zero-order valence-corrected chi connectivity index (χ0v) is 19.3. The van der Waals surface area contributed by atoms with Crippen molar-refractivity contribution in [2.75, 3.05) is 13.1 Å². The molecule has 4 aromatic rings. The summed E-state index contributed by atoms with van der Waals surface area (Å²) in [7, 11) is 1.86. The molecule has 0 unspecified atom stereocenters. The molecule has 8 nitrogen and oxygen atoms in total. The van der Waals surface area contributed by atoms with Gasteiger partial charge in [-0.05, 0) is 44.0 Å². The topological polar surface area (TPSA) is 86.0 Å². The molecule has 0 spiro atoms. The Morgan fingerprint density at radius 2 is 1.79 bits per heavy atom. The molecule has 0 aliphatic carbocycles. The lowest BCUT2D eigenvalue weighted by Crippen LogP contribution is -2.38. The summed E-state index contributed by atoms with van der Waals surface area (Å²) in [5.74, 6) is 2.19. The molecule has 1 fully saturated rings. The molecule has 1 aliphatic rings. The molecule has 0 N–H and O–H groups in total. The van der Waals surface area contributed by atoms with Gasteiger partial charge in [-0.1, -0.05) is 24.3 Å². The monoisotopic (exact) mass is 454 g/mol. The lowest BCUT2D eigenvalue weighted by Gasteiger charge is -2.31. The summed E-state index contributed by atoms with van der Waals surface area (Å²) in [5.41, 5.74) is 2.95. The van der Waals surface area contributed by atoms with E-state index in [1.807, 2.05) is 73.6 Å². The number of piperidine rings is 1. The van der Waals surface area contributed by atoms with Crippen molar-refractivity contribution in [1.82, 2.24) is 29.6 Å². The second-order valence-electron chi connectivity index (χ2n) is 8.50. The number of carbonyl (C=O) groups is 1. The van der Waals surface area contributed by atoms with Gasteiger partial charge in [0.25, 0.3) is 5.91 Å². The number of ether oxygens (including phenoxy) is 1. The molecule has 34 heavy (non-hydrogen) atoms. The summed E-state index contributed by atoms with van der Waals surface area (Å²) in [4.78, 5) is 28.9. The van der Waals surface area contributed by atoms with Crippen molar-refractivity contribution in [2.24, 2.45) is 7.05 Å². The Morgan fingerprint density at radius 3 is 2.53 bits per heavy atom. The lowest BCUT2D eigenvalue weighted by molar-refractivity contribution is 0.0705. The first-order chi connectivity index (χ1) is 16.5. The number of nitrogens with zero attached hydrogens (tertiary/aromatic N) is 6. The van der Waals surface area contributed by atoms with Gasteiger partial charge in [-0.2, -0.15) is 10.1 Å². The molecule has 1 saturated heterocycles. The summed E-state index contributed by atoms with van der Waals surface area (Å²) in [6.07, 6.45) is 5.23. The SMILES string of the molecule is Cc1cc(Oc2ccccc2)nc(C2CCN(C(=O)c3cccc(-c4cnn(C)c4)n3)CC2)n1. The maximum absolute atomic E-state index is 13.1. The summed E-state index contributed by atoms with van der Waals surface area (Å²) in [6, 6.07) is 17.0. The molecular formula is C26H26N6O2. The molecule has 8 heteroatoms. The first-order valence-electron chi connectivity index (χ1n) is 11.4. The molecule has 172 valence electrons. The van der Waals surface area contributed by atoms with Gasteiger partial charge >= 0.3 is 0 Å². The van der Waals surface area contributed by atoms with Gasteiger partial charge in [-0.3, -0.25) is 9.48 Å². The van der Waals surface area contributed by atoms with Crippen molar-refractivity contribution >= 4 is 5.91 Å². The molecule has 0 saturated carbocycles. The number of amides is 1. The van der Waals surface area contributed by atoms with Crippen molar-refractivity contribution in [1.29, 1.82) is 0 Å². The normalized spacial score (nSPS) is 14.2. The van der Waals surface area contributed by atoms with Crippen molar-refractivity contribution in [3.63, 3.8) is 0 Å². The van der Waals surface area contributed by atoms with Gasteiger partial charge < -0.3 is 9.64 Å². The van der Waals surface area contributed by atoms with Crippen LogP contribution in [0.4, 0.5) is 0 Å². The van der Waals surface area contributed by atoms with Gasteiger partial charge in [-0.15, -0.1) is 0 Å². The molecular weight excluding hydrogens is 428 g/mol. The van der Waals surface area contributed by atoms with Crippen LogP contribution >= 0.6 is 0 Å². The maximum atomic E-state index is 13.1. The fourth-order valence-corrected chi connectivity index (χ4v) is 4.18. The number of benzene rings is 1. The van der Waals surface area contributed by atoms with E-state index in [0.29, 0.717) is 24.7 Å². The van der Waals surface area contributed by atoms with Crippen LogP contribution in [0.1, 0.15) is 40.8 Å². The van der Waals surface area contributed by atoms with Crippen LogP contribution in [-0.2, 0) is 7.05 Å². The Labute approximate surface area is 198 Å². The minimum atomic E-state index is -0.0533. The van der Waals surface area contributed by atoms with Gasteiger partial charge in [0.15, 0.2) is 0 Å². The first kappa shape index (κ1) is 21.8. The summed E-state index contributed by atoms with van der Waals surface area (Å²) >= 11 is 0. The van der Waals surface area contributed by atoms with Crippen LogP contribution in [0, 0.1) is 6.92 Å². The highest BCUT2D eigenvalue weighted by atomic mass is 16.5. The standard InChI is InChI=1S/C26H26N6O2/c1-18-15-24(34-21-7-4-3-5-8-21)30-25(28-18)19-11-13-32(14-12-19)26(33)23-10-6-9-22(29-23)20-16-27-31(2)17-20/h3-10,15-17,19H,11-14H2,1-2H3. The van der Waals surface area contributed by atoms with E-state index in [0.717, 1.165) is 41.4 Å². The minimum Gasteiger partial charge on any atom is -0.439 e. The third-order valence-corrected chi connectivity index (χ3v) is 5.93. The van der Waals surface area contributed by atoms with Crippen LogP contribution in [0.2, 0.25) is 0 Å². The van der Waals surface area contributed by atoms with Crippen molar-refractivity contribution in [3.05, 3.63) is 84.2 Å². The number of hydrogen-bond acceptors (Lipinski definition) is 6. The number of rotatable bonds is 5. The highest BCUT2D eigenvalue weighted by Gasteiger charge is 2.27. The number of aromatic nitrogens is 5. The Morgan fingerprint density at radius 1 is 1.00 bits per heavy atom. The molecule has 0 radical (unpaired) electrons. The van der Waals surface area contributed by atoms with Gasteiger partial charge in [0, 0.05) is 49.6 Å². The van der Waals surface area contributed by atoms with Crippen LogP contribution in [0.3, 0.4) is 0 Å². The highest BCUT2D eigenvalue weighted by Crippen LogP contribution is 2.29. The van der Waals surface area contributed by atoms with Crippen LogP contribution < -0.4 is 4.74 Å². The number of pyridine rings is 1. The van der Waals surface area contributed by atoms with Gasteiger partial charge in [0.2, 0.25) is 5.88 Å². The van der Waals surface area contributed by atoms with Crippen LogP contribution in [0.5, 0.6) is 11.6 Å². The minimum absolute atomic E-state index is 0.0533. The van der Waals surface area contributed by atoms with Crippen molar-refractivity contribution < 1.29 is 9.53 Å². The van der Waals surface area contributed by atoms with Crippen molar-refractivity contribution in [2.45, 2.75) is 25.7 Å². The highest BCUT2D eigenvalue weighted by molar-refractivity contribution is 5.93. The Kier molecular flexibility index (Phi) is 6.03. The van der Waals surface area contributed by atoms with E-state index in [2.05, 4.69) is 20.1 Å². The quantitative estimate of drug-likeness (QED) is 0.445. The fourth-order valence-electron chi connectivity index (χ4n) is 4.18. The average molecular weight is 455 g/mol. The third-order valence-electron chi connectivity index (χ3n) is 5.93. The smallest absolute Gasteiger partial charge is 0.272 e. The molecule has 4 heterocycles. The van der Waals surface area contributed by atoms with E-state index in [-0.39, 0.29) is 11.8 Å².